The standard InChI is InChI=1S/C26H41NO2/c1-25-14-12-19(28)16-17(25)8-9-20-21-10-11-23(26(21,2)15-13-22(20)25)24(29)27-18-6-4-3-5-7-18/h8,18-23,28H,3-7,9-16H2,1-2H3,(H,27,29)/t19-,20-,21-,22-,23+,25-,26-/m0/s1. The summed E-state index contributed by atoms with van der Waals surface area (Å²) in [6.07, 6.45) is 17.6. The van der Waals surface area contributed by atoms with Crippen LogP contribution in [0, 0.1) is 34.5 Å². The predicted molar refractivity (Wildman–Crippen MR) is 116 cm³/mol. The Labute approximate surface area is 177 Å². The summed E-state index contributed by atoms with van der Waals surface area (Å²) in [5, 5.41) is 13.7. The molecule has 0 aromatic rings. The second kappa shape index (κ2) is 7.39. The molecule has 0 spiro atoms. The van der Waals surface area contributed by atoms with Crippen molar-refractivity contribution < 1.29 is 9.90 Å². The smallest absolute Gasteiger partial charge is 0.223 e. The van der Waals surface area contributed by atoms with E-state index >= 15 is 0 Å². The summed E-state index contributed by atoms with van der Waals surface area (Å²) in [6.45, 7) is 4.95. The molecule has 3 heteroatoms. The van der Waals surface area contributed by atoms with Crippen LogP contribution in [0.15, 0.2) is 11.6 Å². The maximum atomic E-state index is 13.3. The number of carbonyl (C=O) groups is 1. The van der Waals surface area contributed by atoms with Crippen LogP contribution in [0.4, 0.5) is 0 Å². The second-order valence-electron chi connectivity index (χ2n) is 11.7. The minimum absolute atomic E-state index is 0.126. The molecule has 0 unspecified atom stereocenters. The maximum Gasteiger partial charge on any atom is 0.223 e. The number of nitrogens with one attached hydrogen (secondary N) is 1. The van der Waals surface area contributed by atoms with Crippen molar-refractivity contribution in [3.63, 3.8) is 0 Å². The van der Waals surface area contributed by atoms with Gasteiger partial charge in [0, 0.05) is 12.0 Å². The zero-order valence-corrected chi connectivity index (χ0v) is 18.6. The van der Waals surface area contributed by atoms with Crippen LogP contribution in [0.1, 0.15) is 97.3 Å². The van der Waals surface area contributed by atoms with E-state index in [1.807, 2.05) is 0 Å². The van der Waals surface area contributed by atoms with E-state index in [0.717, 1.165) is 37.5 Å². The number of hydrogen-bond donors (Lipinski definition) is 2. The number of aliphatic hydroxyl groups excluding tert-OH is 1. The monoisotopic (exact) mass is 399 g/mol. The number of fused-ring (bicyclic) bond motifs is 5. The van der Waals surface area contributed by atoms with Gasteiger partial charge in [0.25, 0.3) is 0 Å². The molecule has 7 atom stereocenters. The lowest BCUT2D eigenvalue weighted by molar-refractivity contribution is -0.132. The van der Waals surface area contributed by atoms with Gasteiger partial charge in [0.05, 0.1) is 6.10 Å². The molecule has 0 aliphatic heterocycles. The summed E-state index contributed by atoms with van der Waals surface area (Å²) in [5.74, 6) is 2.80. The van der Waals surface area contributed by atoms with Crippen molar-refractivity contribution in [1.82, 2.24) is 5.32 Å². The Morgan fingerprint density at radius 2 is 1.79 bits per heavy atom. The van der Waals surface area contributed by atoms with Crippen LogP contribution < -0.4 is 5.32 Å². The first-order valence-corrected chi connectivity index (χ1v) is 12.6. The van der Waals surface area contributed by atoms with Gasteiger partial charge < -0.3 is 10.4 Å². The lowest BCUT2D eigenvalue weighted by Gasteiger charge is -2.57. The van der Waals surface area contributed by atoms with Crippen LogP contribution in [0.3, 0.4) is 0 Å². The molecule has 3 nitrogen and oxygen atoms in total. The Morgan fingerprint density at radius 3 is 2.59 bits per heavy atom. The van der Waals surface area contributed by atoms with E-state index < -0.39 is 0 Å². The highest BCUT2D eigenvalue weighted by molar-refractivity contribution is 5.80. The van der Waals surface area contributed by atoms with Crippen LogP contribution in [-0.2, 0) is 4.79 Å². The second-order valence-corrected chi connectivity index (χ2v) is 11.7. The third-order valence-corrected chi connectivity index (χ3v) is 10.3. The molecule has 0 bridgehead atoms. The summed E-state index contributed by atoms with van der Waals surface area (Å²) in [5.41, 5.74) is 2.03. The topological polar surface area (TPSA) is 49.3 Å². The first-order chi connectivity index (χ1) is 13.9. The van der Waals surface area contributed by atoms with Gasteiger partial charge in [-0.2, -0.15) is 0 Å². The molecule has 0 aromatic heterocycles. The van der Waals surface area contributed by atoms with Crippen LogP contribution in [0.2, 0.25) is 0 Å². The largest absolute Gasteiger partial charge is 0.393 e. The van der Waals surface area contributed by atoms with Crippen molar-refractivity contribution in [2.75, 3.05) is 0 Å². The van der Waals surface area contributed by atoms with Gasteiger partial charge in [0.2, 0.25) is 5.91 Å². The Morgan fingerprint density at radius 1 is 1.00 bits per heavy atom. The summed E-state index contributed by atoms with van der Waals surface area (Å²) >= 11 is 0. The molecular formula is C26H41NO2. The molecular weight excluding hydrogens is 358 g/mol. The molecule has 5 aliphatic carbocycles. The SMILES string of the molecule is C[C@]12CC[C@H]3[C@@H](CC=C4C[C@@H](O)CC[C@@]43C)[C@@H]1CC[C@@H]2C(=O)NC1CCCCC1. The number of amides is 1. The van der Waals surface area contributed by atoms with E-state index in [1.54, 1.807) is 5.57 Å². The molecule has 4 saturated carbocycles. The lowest BCUT2D eigenvalue weighted by Crippen LogP contribution is -2.52. The van der Waals surface area contributed by atoms with Gasteiger partial charge in [0.15, 0.2) is 0 Å². The lowest BCUT2D eigenvalue weighted by atomic mass is 9.47. The Kier molecular flexibility index (Phi) is 5.12. The van der Waals surface area contributed by atoms with Gasteiger partial charge in [-0.3, -0.25) is 4.79 Å². The van der Waals surface area contributed by atoms with Crippen molar-refractivity contribution in [3.05, 3.63) is 11.6 Å². The molecule has 29 heavy (non-hydrogen) atoms. The predicted octanol–water partition coefficient (Wildman–Crippen LogP) is 5.38. The highest BCUT2D eigenvalue weighted by atomic mass is 16.3. The Hall–Kier alpha value is -0.830. The van der Waals surface area contributed by atoms with Crippen LogP contribution in [0.25, 0.3) is 0 Å². The third kappa shape index (κ3) is 3.22. The van der Waals surface area contributed by atoms with Gasteiger partial charge in [-0.1, -0.05) is 44.8 Å². The fourth-order valence-corrected chi connectivity index (χ4v) is 8.62. The summed E-state index contributed by atoms with van der Waals surface area (Å²) in [4.78, 5) is 13.3. The Balaban J connectivity index is 1.33. The first-order valence-electron chi connectivity index (χ1n) is 12.6. The molecule has 0 aromatic carbocycles. The number of rotatable bonds is 2. The van der Waals surface area contributed by atoms with E-state index in [0.29, 0.717) is 23.3 Å². The van der Waals surface area contributed by atoms with E-state index in [-0.39, 0.29) is 17.4 Å². The minimum Gasteiger partial charge on any atom is -0.393 e. The average molecular weight is 400 g/mol. The van der Waals surface area contributed by atoms with Gasteiger partial charge in [-0.15, -0.1) is 0 Å². The van der Waals surface area contributed by atoms with Gasteiger partial charge in [0.1, 0.15) is 0 Å². The molecule has 0 saturated heterocycles. The van der Waals surface area contributed by atoms with E-state index in [1.165, 1.54) is 57.8 Å². The molecule has 4 fully saturated rings. The number of carbonyl (C=O) groups excluding carboxylic acids is 1. The third-order valence-electron chi connectivity index (χ3n) is 10.3. The average Bonchev–Trinajstić information content (AvgIpc) is 3.06. The van der Waals surface area contributed by atoms with Gasteiger partial charge in [-0.25, -0.2) is 0 Å². The summed E-state index contributed by atoms with van der Waals surface area (Å²) in [6, 6.07) is 0.433. The highest BCUT2D eigenvalue weighted by Crippen LogP contribution is 2.66. The van der Waals surface area contributed by atoms with Crippen LogP contribution in [0.5, 0.6) is 0 Å². The number of hydrogen-bond acceptors (Lipinski definition) is 2. The zero-order valence-electron chi connectivity index (χ0n) is 18.6. The fraction of sp³-hybridized carbons (Fsp3) is 0.885. The highest BCUT2D eigenvalue weighted by Gasteiger charge is 2.59. The van der Waals surface area contributed by atoms with E-state index in [9.17, 15) is 9.90 Å². The normalized spacial score (nSPS) is 47.6. The van der Waals surface area contributed by atoms with E-state index in [4.69, 9.17) is 0 Å². The molecule has 162 valence electrons. The fourth-order valence-electron chi connectivity index (χ4n) is 8.62. The van der Waals surface area contributed by atoms with Crippen molar-refractivity contribution in [3.8, 4) is 0 Å². The zero-order chi connectivity index (χ0) is 20.2. The van der Waals surface area contributed by atoms with Crippen LogP contribution >= 0.6 is 0 Å². The molecule has 1 amide bonds. The van der Waals surface area contributed by atoms with Crippen molar-refractivity contribution in [2.45, 2.75) is 109 Å². The first kappa shape index (κ1) is 20.1. The van der Waals surface area contributed by atoms with Crippen LogP contribution in [-0.4, -0.2) is 23.2 Å². The minimum atomic E-state index is -0.126. The summed E-state index contributed by atoms with van der Waals surface area (Å²) < 4.78 is 0. The van der Waals surface area contributed by atoms with E-state index in [2.05, 4.69) is 25.2 Å². The number of aliphatic hydroxyl groups is 1. The molecule has 0 heterocycles. The van der Waals surface area contributed by atoms with Crippen molar-refractivity contribution in [1.29, 1.82) is 0 Å². The molecule has 5 aliphatic rings. The maximum absolute atomic E-state index is 13.3. The van der Waals surface area contributed by atoms with Crippen molar-refractivity contribution >= 4 is 5.91 Å². The summed E-state index contributed by atoms with van der Waals surface area (Å²) in [7, 11) is 0. The van der Waals surface area contributed by atoms with Gasteiger partial charge >= 0.3 is 0 Å². The van der Waals surface area contributed by atoms with Gasteiger partial charge in [-0.05, 0) is 92.8 Å². The quantitative estimate of drug-likeness (QED) is 0.613. The number of allylic oxidation sites excluding steroid dienone is 1. The molecule has 2 N–H and O–H groups in total. The Bertz CT molecular complexity index is 680. The molecule has 0 radical (unpaired) electrons. The molecule has 5 rings (SSSR count). The van der Waals surface area contributed by atoms with Crippen molar-refractivity contribution in [2.24, 2.45) is 34.5 Å².